The van der Waals surface area contributed by atoms with E-state index in [1.54, 1.807) is 0 Å². The van der Waals surface area contributed by atoms with Crippen LogP contribution in [0.5, 0.6) is 0 Å². The molecule has 1 atom stereocenters. The third-order valence-electron chi connectivity index (χ3n) is 2.51. The van der Waals surface area contributed by atoms with Crippen molar-refractivity contribution in [3.05, 3.63) is 40.7 Å². The summed E-state index contributed by atoms with van der Waals surface area (Å²) in [6, 6.07) is 7.58. The topological polar surface area (TPSA) is 34.9 Å². The Morgan fingerprint density at radius 1 is 1.44 bits per heavy atom. The van der Waals surface area contributed by atoms with Crippen molar-refractivity contribution in [2.75, 3.05) is 5.33 Å². The van der Waals surface area contributed by atoms with Gasteiger partial charge in [-0.2, -0.15) is 5.10 Å². The van der Waals surface area contributed by atoms with Crippen molar-refractivity contribution in [2.24, 2.45) is 5.92 Å². The zero-order valence-electron chi connectivity index (χ0n) is 9.06. The number of fused-ring (bicyclic) bond motifs is 1. The van der Waals surface area contributed by atoms with Crippen LogP contribution in [-0.4, -0.2) is 15.1 Å². The van der Waals surface area contributed by atoms with Gasteiger partial charge in [0, 0.05) is 17.3 Å². The van der Waals surface area contributed by atoms with Crippen molar-refractivity contribution in [1.29, 1.82) is 0 Å². The molecular weight excluding hydrogens is 268 g/mol. The van der Waals surface area contributed by atoms with E-state index >= 15 is 0 Å². The number of halogens is 1. The first-order chi connectivity index (χ1) is 7.72. The van der Waals surface area contributed by atoms with Crippen LogP contribution in [0, 0.1) is 5.92 Å². The Balaban J connectivity index is 2.54. The summed E-state index contributed by atoms with van der Waals surface area (Å²) in [4.78, 5) is 11.6. The van der Waals surface area contributed by atoms with Gasteiger partial charge in [-0.15, -0.1) is 0 Å². The lowest BCUT2D eigenvalue weighted by atomic mass is 10.2. The molecule has 1 unspecified atom stereocenters. The second-order valence-corrected chi connectivity index (χ2v) is 4.62. The average molecular weight is 281 g/mol. The zero-order chi connectivity index (χ0) is 11.5. The minimum Gasteiger partial charge on any atom is -0.287 e. The molecule has 0 radical (unpaired) electrons. The Labute approximate surface area is 102 Å². The van der Waals surface area contributed by atoms with Gasteiger partial charge < -0.3 is 0 Å². The molecule has 1 aromatic heterocycles. The number of para-hydroxylation sites is 1. The molecule has 0 saturated heterocycles. The quantitative estimate of drug-likeness (QED) is 0.810. The fraction of sp³-hybridized carbons (Fsp3) is 0.333. The van der Waals surface area contributed by atoms with Gasteiger partial charge >= 0.3 is 0 Å². The maximum atomic E-state index is 11.6. The van der Waals surface area contributed by atoms with Crippen LogP contribution in [0.4, 0.5) is 0 Å². The van der Waals surface area contributed by atoms with Crippen molar-refractivity contribution < 1.29 is 0 Å². The molecule has 0 amide bonds. The first-order valence-electron chi connectivity index (χ1n) is 5.23. The predicted molar refractivity (Wildman–Crippen MR) is 69.0 cm³/mol. The van der Waals surface area contributed by atoms with E-state index in [1.165, 1.54) is 6.20 Å². The third kappa shape index (κ3) is 2.16. The molecule has 0 aliphatic rings. The predicted octanol–water partition coefficient (Wildman–Crippen LogP) is 2.43. The molecule has 1 aromatic carbocycles. The maximum absolute atomic E-state index is 11.6. The van der Waals surface area contributed by atoms with Crippen molar-refractivity contribution >= 4 is 26.8 Å². The lowest BCUT2D eigenvalue weighted by Crippen LogP contribution is -2.16. The number of hydrogen-bond donors (Lipinski definition) is 0. The van der Waals surface area contributed by atoms with Crippen LogP contribution in [-0.2, 0) is 6.54 Å². The second kappa shape index (κ2) is 4.78. The Bertz CT molecular complexity index is 550. The van der Waals surface area contributed by atoms with E-state index in [9.17, 15) is 4.79 Å². The van der Waals surface area contributed by atoms with Gasteiger partial charge in [-0.05, 0) is 18.1 Å². The van der Waals surface area contributed by atoms with Gasteiger partial charge in [0.25, 0.3) is 0 Å². The lowest BCUT2D eigenvalue weighted by molar-refractivity contribution is 0.498. The van der Waals surface area contributed by atoms with Crippen LogP contribution in [0.15, 0.2) is 35.3 Å². The summed E-state index contributed by atoms with van der Waals surface area (Å²) < 4.78 is 1.89. The molecule has 3 nitrogen and oxygen atoms in total. The molecule has 16 heavy (non-hydrogen) atoms. The fourth-order valence-corrected chi connectivity index (χ4v) is 1.86. The monoisotopic (exact) mass is 280 g/mol. The van der Waals surface area contributed by atoms with E-state index in [0.29, 0.717) is 5.92 Å². The van der Waals surface area contributed by atoms with Crippen molar-refractivity contribution in [3.63, 3.8) is 0 Å². The largest absolute Gasteiger partial charge is 0.287 e. The molecule has 0 N–H and O–H groups in total. The number of nitrogens with zero attached hydrogens (tertiary/aromatic N) is 2. The molecule has 0 spiro atoms. The summed E-state index contributed by atoms with van der Waals surface area (Å²) in [7, 11) is 0. The van der Waals surface area contributed by atoms with Gasteiger partial charge in [0.05, 0.1) is 11.7 Å². The second-order valence-electron chi connectivity index (χ2n) is 3.97. The molecule has 0 aliphatic heterocycles. The van der Waals surface area contributed by atoms with Crippen LogP contribution < -0.4 is 5.43 Å². The summed E-state index contributed by atoms with van der Waals surface area (Å²) in [6.45, 7) is 2.95. The standard InChI is InChI=1S/C12H13BrN2O/c1-9(6-13)8-15-11-5-3-2-4-10(11)12(16)7-14-15/h2-5,7,9H,6,8H2,1H3. The van der Waals surface area contributed by atoms with Gasteiger partial charge in [-0.25, -0.2) is 0 Å². The molecule has 1 heterocycles. The van der Waals surface area contributed by atoms with E-state index in [-0.39, 0.29) is 5.43 Å². The lowest BCUT2D eigenvalue weighted by Gasteiger charge is -2.12. The molecule has 0 aliphatic carbocycles. The molecular formula is C12H13BrN2O. The fourth-order valence-electron chi connectivity index (χ4n) is 1.65. The van der Waals surface area contributed by atoms with Crippen LogP contribution in [0.1, 0.15) is 6.92 Å². The minimum absolute atomic E-state index is 0.0154. The summed E-state index contributed by atoms with van der Waals surface area (Å²) in [5.74, 6) is 0.485. The van der Waals surface area contributed by atoms with Gasteiger partial charge in [0.2, 0.25) is 5.43 Å². The summed E-state index contributed by atoms with van der Waals surface area (Å²) in [6.07, 6.45) is 1.39. The van der Waals surface area contributed by atoms with Crippen LogP contribution >= 0.6 is 15.9 Å². The van der Waals surface area contributed by atoms with Crippen molar-refractivity contribution in [1.82, 2.24) is 9.78 Å². The van der Waals surface area contributed by atoms with E-state index in [0.717, 1.165) is 22.8 Å². The van der Waals surface area contributed by atoms with Gasteiger partial charge in [-0.3, -0.25) is 9.48 Å². The highest BCUT2D eigenvalue weighted by Gasteiger charge is 2.06. The molecule has 0 bridgehead atoms. The normalized spacial score (nSPS) is 12.9. The van der Waals surface area contributed by atoms with E-state index in [4.69, 9.17) is 0 Å². The Morgan fingerprint density at radius 3 is 2.94 bits per heavy atom. The Hall–Kier alpha value is -1.16. The molecule has 84 valence electrons. The molecule has 0 saturated carbocycles. The van der Waals surface area contributed by atoms with Gasteiger partial charge in [0.1, 0.15) is 0 Å². The first kappa shape index (κ1) is 11.3. The van der Waals surface area contributed by atoms with E-state index in [2.05, 4.69) is 28.0 Å². The Morgan fingerprint density at radius 2 is 2.19 bits per heavy atom. The molecule has 2 rings (SSSR count). The zero-order valence-corrected chi connectivity index (χ0v) is 10.6. The number of aromatic nitrogens is 2. The van der Waals surface area contributed by atoms with Crippen LogP contribution in [0.2, 0.25) is 0 Å². The molecule has 0 fully saturated rings. The SMILES string of the molecule is CC(CBr)Cn1ncc(=O)c2ccccc21. The van der Waals surface area contributed by atoms with Crippen LogP contribution in [0.3, 0.4) is 0 Å². The highest BCUT2D eigenvalue weighted by Crippen LogP contribution is 2.11. The van der Waals surface area contributed by atoms with Crippen molar-refractivity contribution in [2.45, 2.75) is 13.5 Å². The van der Waals surface area contributed by atoms with Crippen molar-refractivity contribution in [3.8, 4) is 0 Å². The number of rotatable bonds is 3. The first-order valence-corrected chi connectivity index (χ1v) is 6.35. The third-order valence-corrected chi connectivity index (χ3v) is 3.62. The highest BCUT2D eigenvalue weighted by atomic mass is 79.9. The summed E-state index contributed by atoms with van der Waals surface area (Å²) >= 11 is 3.45. The van der Waals surface area contributed by atoms with Gasteiger partial charge in [-0.1, -0.05) is 35.0 Å². The average Bonchev–Trinajstić information content (AvgIpc) is 2.33. The summed E-state index contributed by atoms with van der Waals surface area (Å²) in [5, 5.41) is 5.84. The number of alkyl halides is 1. The van der Waals surface area contributed by atoms with Gasteiger partial charge in [0.15, 0.2) is 0 Å². The summed E-state index contributed by atoms with van der Waals surface area (Å²) in [5.41, 5.74) is 0.890. The van der Waals surface area contributed by atoms with E-state index < -0.39 is 0 Å². The van der Waals surface area contributed by atoms with Crippen LogP contribution in [0.25, 0.3) is 10.9 Å². The smallest absolute Gasteiger partial charge is 0.207 e. The minimum atomic E-state index is -0.0154. The Kier molecular flexibility index (Phi) is 3.39. The maximum Gasteiger partial charge on any atom is 0.207 e. The highest BCUT2D eigenvalue weighted by molar-refractivity contribution is 9.09. The molecule has 2 aromatic rings. The van der Waals surface area contributed by atoms with E-state index in [1.807, 2.05) is 28.9 Å². The number of hydrogen-bond acceptors (Lipinski definition) is 2. The number of benzene rings is 1. The molecule has 4 heteroatoms.